The van der Waals surface area contributed by atoms with Gasteiger partial charge in [-0.3, -0.25) is 0 Å². The summed E-state index contributed by atoms with van der Waals surface area (Å²) in [5, 5.41) is 24.9. The van der Waals surface area contributed by atoms with E-state index in [0.29, 0.717) is 11.5 Å². The van der Waals surface area contributed by atoms with Gasteiger partial charge in [0.25, 0.3) is 0 Å². The number of halogens is 1. The molecular formula is C13H13BrN6O. The van der Waals surface area contributed by atoms with Gasteiger partial charge in [-0.2, -0.15) is 4.52 Å². The van der Waals surface area contributed by atoms with E-state index in [4.69, 9.17) is 0 Å². The molecule has 2 atom stereocenters. The topological polar surface area (TPSA) is 88.2 Å². The average Bonchev–Trinajstić information content (AvgIpc) is 2.97. The Morgan fingerprint density at radius 2 is 2.05 bits per heavy atom. The summed E-state index contributed by atoms with van der Waals surface area (Å²) in [5.74, 6) is 0.533. The maximum absolute atomic E-state index is 10.4. The smallest absolute Gasteiger partial charge is 0.221 e. The normalized spacial score (nSPS) is 14.0. The largest absolute Gasteiger partial charge is 0.386 e. The van der Waals surface area contributed by atoms with Crippen LogP contribution in [0.15, 0.2) is 41.1 Å². The minimum Gasteiger partial charge on any atom is -0.386 e. The maximum Gasteiger partial charge on any atom is 0.221 e. The highest BCUT2D eigenvalue weighted by molar-refractivity contribution is 9.10. The van der Waals surface area contributed by atoms with Crippen molar-refractivity contribution in [1.82, 2.24) is 25.0 Å². The fraction of sp³-hybridized carbons (Fsp3) is 0.231. The molecule has 0 saturated heterocycles. The lowest BCUT2D eigenvalue weighted by molar-refractivity contribution is 0.160. The van der Waals surface area contributed by atoms with Gasteiger partial charge >= 0.3 is 0 Å². The fourth-order valence-corrected chi connectivity index (χ4v) is 2.29. The van der Waals surface area contributed by atoms with Crippen LogP contribution in [0.5, 0.6) is 0 Å². The molecule has 0 radical (unpaired) electrons. The number of rotatable bonds is 4. The van der Waals surface area contributed by atoms with Crippen LogP contribution in [0.4, 0.5) is 5.82 Å². The molecule has 0 bridgehead atoms. The van der Waals surface area contributed by atoms with Crippen LogP contribution in [0.1, 0.15) is 18.6 Å². The van der Waals surface area contributed by atoms with Crippen molar-refractivity contribution in [3.05, 3.63) is 46.7 Å². The molecule has 7 nitrogen and oxygen atoms in total. The summed E-state index contributed by atoms with van der Waals surface area (Å²) in [6.45, 7) is 1.88. The van der Waals surface area contributed by atoms with Gasteiger partial charge in [0.2, 0.25) is 5.65 Å². The fourth-order valence-electron chi connectivity index (χ4n) is 2.02. The molecule has 0 saturated carbocycles. The van der Waals surface area contributed by atoms with Crippen molar-refractivity contribution in [2.75, 3.05) is 5.32 Å². The molecule has 0 spiro atoms. The zero-order chi connectivity index (χ0) is 14.8. The van der Waals surface area contributed by atoms with Crippen LogP contribution in [0.2, 0.25) is 0 Å². The van der Waals surface area contributed by atoms with Gasteiger partial charge in [-0.05, 0) is 35.0 Å². The Balaban J connectivity index is 1.81. The number of benzene rings is 1. The average molecular weight is 349 g/mol. The Morgan fingerprint density at radius 3 is 2.81 bits per heavy atom. The Hall–Kier alpha value is -2.06. The van der Waals surface area contributed by atoms with Gasteiger partial charge in [0, 0.05) is 10.7 Å². The molecule has 0 aliphatic carbocycles. The first-order valence-corrected chi connectivity index (χ1v) is 7.17. The summed E-state index contributed by atoms with van der Waals surface area (Å²) in [6, 6.07) is 7.29. The minimum atomic E-state index is -0.670. The van der Waals surface area contributed by atoms with Crippen LogP contribution in [0.3, 0.4) is 0 Å². The van der Waals surface area contributed by atoms with Gasteiger partial charge in [-0.1, -0.05) is 28.1 Å². The number of nitrogens with one attached hydrogen (secondary N) is 1. The lowest BCUT2D eigenvalue weighted by Crippen LogP contribution is -2.25. The molecule has 0 amide bonds. The molecule has 2 N–H and O–H groups in total. The van der Waals surface area contributed by atoms with Crippen molar-refractivity contribution in [3.63, 3.8) is 0 Å². The molecule has 0 fully saturated rings. The molecule has 0 aliphatic rings. The molecule has 2 heterocycles. The van der Waals surface area contributed by atoms with Gasteiger partial charge in [0.15, 0.2) is 5.82 Å². The zero-order valence-electron chi connectivity index (χ0n) is 11.2. The number of tetrazole rings is 1. The first-order valence-electron chi connectivity index (χ1n) is 6.38. The van der Waals surface area contributed by atoms with Gasteiger partial charge in [0.05, 0.1) is 18.3 Å². The summed E-state index contributed by atoms with van der Waals surface area (Å²) >= 11 is 3.38. The molecule has 2 aromatic heterocycles. The van der Waals surface area contributed by atoms with Gasteiger partial charge < -0.3 is 10.4 Å². The van der Waals surface area contributed by atoms with E-state index >= 15 is 0 Å². The molecule has 0 aliphatic heterocycles. The van der Waals surface area contributed by atoms with Gasteiger partial charge in [0.1, 0.15) is 0 Å². The third kappa shape index (κ3) is 2.86. The van der Waals surface area contributed by atoms with Crippen LogP contribution in [0, 0.1) is 0 Å². The molecule has 3 rings (SSSR count). The summed E-state index contributed by atoms with van der Waals surface area (Å²) in [7, 11) is 0. The number of aliphatic hydroxyl groups excluding tert-OH is 1. The van der Waals surface area contributed by atoms with E-state index in [9.17, 15) is 5.11 Å². The van der Waals surface area contributed by atoms with Crippen molar-refractivity contribution in [3.8, 4) is 0 Å². The van der Waals surface area contributed by atoms with E-state index in [1.54, 1.807) is 12.4 Å². The molecule has 0 unspecified atom stereocenters. The number of nitrogens with zero attached hydrogens (tertiary/aromatic N) is 5. The van der Waals surface area contributed by atoms with Crippen molar-refractivity contribution < 1.29 is 5.11 Å². The van der Waals surface area contributed by atoms with Gasteiger partial charge in [-0.25, -0.2) is 4.98 Å². The number of aliphatic hydroxyl groups is 1. The lowest BCUT2D eigenvalue weighted by atomic mass is 10.0. The highest BCUT2D eigenvalue weighted by atomic mass is 79.9. The highest BCUT2D eigenvalue weighted by Crippen LogP contribution is 2.22. The van der Waals surface area contributed by atoms with Crippen molar-refractivity contribution in [1.29, 1.82) is 0 Å². The summed E-state index contributed by atoms with van der Waals surface area (Å²) in [4.78, 5) is 4.22. The lowest BCUT2D eigenvalue weighted by Gasteiger charge is -2.21. The third-order valence-corrected chi connectivity index (χ3v) is 3.69. The van der Waals surface area contributed by atoms with Gasteiger partial charge in [-0.15, -0.1) is 5.10 Å². The monoisotopic (exact) mass is 348 g/mol. The highest BCUT2D eigenvalue weighted by Gasteiger charge is 2.18. The van der Waals surface area contributed by atoms with Crippen LogP contribution in [0.25, 0.3) is 5.65 Å². The molecule has 108 valence electrons. The SMILES string of the molecule is C[C@H](Nc1nccn2nnnc12)[C@H](O)c1ccc(Br)cc1. The molecule has 1 aromatic carbocycles. The maximum atomic E-state index is 10.4. The first kappa shape index (κ1) is 13.9. The predicted molar refractivity (Wildman–Crippen MR) is 80.8 cm³/mol. The van der Waals surface area contributed by atoms with E-state index in [1.165, 1.54) is 4.52 Å². The molecule has 21 heavy (non-hydrogen) atoms. The number of hydrogen-bond acceptors (Lipinski definition) is 6. The standard InChI is InChI=1S/C13H13BrN6O/c1-8(11(21)9-2-4-10(14)5-3-9)16-12-13-17-18-19-20(13)7-6-15-12/h2-8,11,21H,1H3,(H,15,16)/t8-,11-/m0/s1. The van der Waals surface area contributed by atoms with Crippen LogP contribution >= 0.6 is 15.9 Å². The Labute approximate surface area is 129 Å². The summed E-state index contributed by atoms with van der Waals surface area (Å²) < 4.78 is 2.49. The van der Waals surface area contributed by atoms with Crippen molar-refractivity contribution in [2.45, 2.75) is 19.1 Å². The Bertz CT molecular complexity index is 744. The molecular weight excluding hydrogens is 336 g/mol. The van der Waals surface area contributed by atoms with Crippen LogP contribution < -0.4 is 5.32 Å². The minimum absolute atomic E-state index is 0.249. The second-order valence-corrected chi connectivity index (χ2v) is 5.57. The van der Waals surface area contributed by atoms with E-state index in [-0.39, 0.29) is 6.04 Å². The van der Waals surface area contributed by atoms with E-state index in [0.717, 1.165) is 10.0 Å². The molecule has 3 aromatic rings. The zero-order valence-corrected chi connectivity index (χ0v) is 12.8. The van der Waals surface area contributed by atoms with Crippen LogP contribution in [-0.4, -0.2) is 36.2 Å². The van der Waals surface area contributed by atoms with E-state index in [1.807, 2.05) is 31.2 Å². The first-order chi connectivity index (χ1) is 10.1. The third-order valence-electron chi connectivity index (χ3n) is 3.17. The number of fused-ring (bicyclic) bond motifs is 1. The number of anilines is 1. The van der Waals surface area contributed by atoms with Crippen molar-refractivity contribution in [2.24, 2.45) is 0 Å². The Kier molecular flexibility index (Phi) is 3.80. The predicted octanol–water partition coefficient (Wildman–Crippen LogP) is 1.82. The quantitative estimate of drug-likeness (QED) is 0.747. The Morgan fingerprint density at radius 1 is 1.29 bits per heavy atom. The number of aromatic nitrogens is 5. The second-order valence-electron chi connectivity index (χ2n) is 4.65. The summed E-state index contributed by atoms with van der Waals surface area (Å²) in [6.07, 6.45) is 2.59. The van der Waals surface area contributed by atoms with Crippen molar-refractivity contribution >= 4 is 27.4 Å². The van der Waals surface area contributed by atoms with E-state index in [2.05, 4.69) is 41.8 Å². The molecule has 8 heteroatoms. The number of hydrogen-bond donors (Lipinski definition) is 2. The van der Waals surface area contributed by atoms with Crippen LogP contribution in [-0.2, 0) is 0 Å². The summed E-state index contributed by atoms with van der Waals surface area (Å²) in [5.41, 5.74) is 1.34. The second kappa shape index (κ2) is 5.74. The van der Waals surface area contributed by atoms with E-state index < -0.39 is 6.10 Å².